The van der Waals surface area contributed by atoms with Gasteiger partial charge in [-0.05, 0) is 18.8 Å². The van der Waals surface area contributed by atoms with Crippen molar-refractivity contribution in [2.45, 2.75) is 25.3 Å². The van der Waals surface area contributed by atoms with Gasteiger partial charge in [0.15, 0.2) is 5.78 Å². The Bertz CT molecular complexity index is 143. The molecular weight excluding hydrogens is 142 g/mol. The van der Waals surface area contributed by atoms with Crippen molar-refractivity contribution < 1.29 is 9.53 Å². The molecule has 1 atom stereocenters. The summed E-state index contributed by atoms with van der Waals surface area (Å²) < 4.78 is 4.78. The molecule has 0 bridgehead atoms. The molecule has 1 aliphatic rings. The van der Waals surface area contributed by atoms with Crippen LogP contribution in [-0.4, -0.2) is 25.5 Å². The molecule has 3 nitrogen and oxygen atoms in total. The van der Waals surface area contributed by atoms with E-state index >= 15 is 0 Å². The first-order valence-electron chi connectivity index (χ1n) is 4.01. The molecule has 11 heavy (non-hydrogen) atoms. The van der Waals surface area contributed by atoms with Crippen molar-refractivity contribution in [1.82, 2.24) is 0 Å². The Hall–Kier alpha value is -0.410. The first-order valence-corrected chi connectivity index (χ1v) is 4.01. The maximum atomic E-state index is 11.2. The van der Waals surface area contributed by atoms with Crippen molar-refractivity contribution in [2.24, 2.45) is 11.7 Å². The number of rotatable bonds is 5. The highest BCUT2D eigenvalue weighted by molar-refractivity contribution is 5.84. The highest BCUT2D eigenvalue weighted by Crippen LogP contribution is 2.32. The van der Waals surface area contributed by atoms with Crippen LogP contribution in [0.25, 0.3) is 0 Å². The molecule has 64 valence electrons. The molecule has 0 aromatic carbocycles. The maximum Gasteiger partial charge on any atom is 0.152 e. The fourth-order valence-electron chi connectivity index (χ4n) is 1.03. The highest BCUT2D eigenvalue weighted by atomic mass is 16.5. The Balaban J connectivity index is 2.15. The van der Waals surface area contributed by atoms with Gasteiger partial charge in [-0.15, -0.1) is 0 Å². The number of carbonyl (C=O) groups is 1. The molecule has 1 unspecified atom stereocenters. The Labute approximate surface area is 66.9 Å². The Kier molecular flexibility index (Phi) is 3.02. The largest absolute Gasteiger partial charge is 0.383 e. The van der Waals surface area contributed by atoms with E-state index in [-0.39, 0.29) is 5.78 Å². The van der Waals surface area contributed by atoms with Crippen LogP contribution in [0.1, 0.15) is 19.3 Å². The normalized spacial score (nSPS) is 19.8. The molecule has 1 saturated carbocycles. The van der Waals surface area contributed by atoms with Gasteiger partial charge < -0.3 is 10.5 Å². The third-order valence-electron chi connectivity index (χ3n) is 1.95. The highest BCUT2D eigenvalue weighted by Gasteiger charge is 2.26. The van der Waals surface area contributed by atoms with Gasteiger partial charge in [0.2, 0.25) is 0 Å². The molecular formula is C8H15NO2. The second-order valence-electron chi connectivity index (χ2n) is 3.18. The Morgan fingerprint density at radius 3 is 2.82 bits per heavy atom. The number of methoxy groups -OCH3 is 1. The molecule has 1 aliphatic carbocycles. The fraction of sp³-hybridized carbons (Fsp3) is 0.875. The summed E-state index contributed by atoms with van der Waals surface area (Å²) in [5, 5.41) is 0. The zero-order chi connectivity index (χ0) is 8.27. The van der Waals surface area contributed by atoms with Gasteiger partial charge in [0.25, 0.3) is 0 Å². The van der Waals surface area contributed by atoms with E-state index in [4.69, 9.17) is 10.5 Å². The molecule has 3 heteroatoms. The summed E-state index contributed by atoms with van der Waals surface area (Å²) in [6.45, 7) is 0.353. The van der Waals surface area contributed by atoms with Gasteiger partial charge in [-0.2, -0.15) is 0 Å². The number of ketones is 1. The zero-order valence-electron chi connectivity index (χ0n) is 6.88. The van der Waals surface area contributed by atoms with Crippen molar-refractivity contribution in [3.8, 4) is 0 Å². The van der Waals surface area contributed by atoms with Gasteiger partial charge in [0.05, 0.1) is 12.6 Å². The van der Waals surface area contributed by atoms with Crippen LogP contribution in [0.5, 0.6) is 0 Å². The van der Waals surface area contributed by atoms with E-state index in [0.29, 0.717) is 18.9 Å². The standard InChI is InChI=1S/C8H15NO2/c1-11-5-7(9)8(10)4-6-2-3-6/h6-7H,2-5,9H2,1H3. The lowest BCUT2D eigenvalue weighted by Gasteiger charge is -2.07. The van der Waals surface area contributed by atoms with E-state index in [0.717, 1.165) is 0 Å². The number of carbonyl (C=O) groups excluding carboxylic acids is 1. The van der Waals surface area contributed by atoms with E-state index < -0.39 is 6.04 Å². The molecule has 1 rings (SSSR count). The zero-order valence-corrected chi connectivity index (χ0v) is 6.88. The summed E-state index contributed by atoms with van der Waals surface area (Å²) in [5.41, 5.74) is 5.53. The second kappa shape index (κ2) is 3.83. The van der Waals surface area contributed by atoms with Crippen LogP contribution >= 0.6 is 0 Å². The lowest BCUT2D eigenvalue weighted by atomic mass is 10.1. The van der Waals surface area contributed by atoms with E-state index in [1.807, 2.05) is 0 Å². The number of hydrogen-bond acceptors (Lipinski definition) is 3. The van der Waals surface area contributed by atoms with E-state index in [9.17, 15) is 4.79 Å². The van der Waals surface area contributed by atoms with Gasteiger partial charge in [-0.25, -0.2) is 0 Å². The quantitative estimate of drug-likeness (QED) is 0.625. The third kappa shape index (κ3) is 2.99. The number of hydrogen-bond donors (Lipinski definition) is 1. The fourth-order valence-corrected chi connectivity index (χ4v) is 1.03. The molecule has 0 amide bonds. The van der Waals surface area contributed by atoms with Crippen molar-refractivity contribution in [2.75, 3.05) is 13.7 Å². The number of ether oxygens (including phenoxy) is 1. The average molecular weight is 157 g/mol. The van der Waals surface area contributed by atoms with Crippen LogP contribution in [0.4, 0.5) is 0 Å². The first kappa shape index (κ1) is 8.68. The molecule has 0 radical (unpaired) electrons. The maximum absolute atomic E-state index is 11.2. The van der Waals surface area contributed by atoms with Crippen molar-refractivity contribution in [1.29, 1.82) is 0 Å². The van der Waals surface area contributed by atoms with E-state index in [1.54, 1.807) is 7.11 Å². The molecule has 0 heterocycles. The number of Topliss-reactive ketones (excluding diaryl/α,β-unsaturated/α-hetero) is 1. The van der Waals surface area contributed by atoms with Crippen molar-refractivity contribution in [3.63, 3.8) is 0 Å². The van der Waals surface area contributed by atoms with Crippen molar-refractivity contribution >= 4 is 5.78 Å². The van der Waals surface area contributed by atoms with Gasteiger partial charge in [-0.1, -0.05) is 0 Å². The van der Waals surface area contributed by atoms with E-state index in [1.165, 1.54) is 12.8 Å². The number of nitrogens with two attached hydrogens (primary N) is 1. The topological polar surface area (TPSA) is 52.3 Å². The van der Waals surface area contributed by atoms with Gasteiger partial charge in [-0.3, -0.25) is 4.79 Å². The van der Waals surface area contributed by atoms with Gasteiger partial charge >= 0.3 is 0 Å². The minimum Gasteiger partial charge on any atom is -0.383 e. The van der Waals surface area contributed by atoms with Gasteiger partial charge in [0.1, 0.15) is 0 Å². The van der Waals surface area contributed by atoms with Crippen LogP contribution in [-0.2, 0) is 9.53 Å². The molecule has 0 aromatic rings. The minimum absolute atomic E-state index is 0.148. The van der Waals surface area contributed by atoms with Crippen LogP contribution in [0.15, 0.2) is 0 Å². The van der Waals surface area contributed by atoms with Crippen molar-refractivity contribution in [3.05, 3.63) is 0 Å². The summed E-state index contributed by atoms with van der Waals surface area (Å²) in [5.74, 6) is 0.778. The molecule has 0 aromatic heterocycles. The summed E-state index contributed by atoms with van der Waals surface area (Å²) in [6, 6.07) is -0.402. The second-order valence-corrected chi connectivity index (χ2v) is 3.18. The summed E-state index contributed by atoms with van der Waals surface area (Å²) >= 11 is 0. The van der Waals surface area contributed by atoms with Crippen LogP contribution in [0.2, 0.25) is 0 Å². The first-order chi connectivity index (χ1) is 5.24. The molecule has 1 fully saturated rings. The monoisotopic (exact) mass is 157 g/mol. The Morgan fingerprint density at radius 1 is 1.73 bits per heavy atom. The smallest absolute Gasteiger partial charge is 0.152 e. The molecule has 0 saturated heterocycles. The lowest BCUT2D eigenvalue weighted by molar-refractivity contribution is -0.121. The SMILES string of the molecule is COCC(N)C(=O)CC1CC1. The predicted molar refractivity (Wildman–Crippen MR) is 42.2 cm³/mol. The molecule has 0 aliphatic heterocycles. The van der Waals surface area contributed by atoms with Crippen LogP contribution in [0, 0.1) is 5.92 Å². The molecule has 2 N–H and O–H groups in total. The third-order valence-corrected chi connectivity index (χ3v) is 1.95. The summed E-state index contributed by atoms with van der Waals surface area (Å²) in [6.07, 6.45) is 3.06. The lowest BCUT2D eigenvalue weighted by Crippen LogP contribution is -2.34. The summed E-state index contributed by atoms with van der Waals surface area (Å²) in [4.78, 5) is 11.2. The average Bonchev–Trinajstić information content (AvgIpc) is 2.72. The summed E-state index contributed by atoms with van der Waals surface area (Å²) in [7, 11) is 1.56. The van der Waals surface area contributed by atoms with Crippen LogP contribution in [0.3, 0.4) is 0 Å². The minimum atomic E-state index is -0.402. The van der Waals surface area contributed by atoms with Gasteiger partial charge in [0, 0.05) is 13.5 Å². The predicted octanol–water partition coefficient (Wildman–Crippen LogP) is 0.329. The van der Waals surface area contributed by atoms with E-state index in [2.05, 4.69) is 0 Å². The molecule has 0 spiro atoms. The Morgan fingerprint density at radius 2 is 2.36 bits per heavy atom. The van der Waals surface area contributed by atoms with Crippen LogP contribution < -0.4 is 5.73 Å².